The van der Waals surface area contributed by atoms with E-state index in [0.29, 0.717) is 17.6 Å². The highest BCUT2D eigenvalue weighted by Gasteiger charge is 2.49. The van der Waals surface area contributed by atoms with Crippen molar-refractivity contribution in [1.29, 1.82) is 0 Å². The van der Waals surface area contributed by atoms with Gasteiger partial charge in [-0.15, -0.1) is 0 Å². The smallest absolute Gasteiger partial charge is 0.137 e. The van der Waals surface area contributed by atoms with Crippen molar-refractivity contribution in [3.8, 4) is 0 Å². The fourth-order valence-corrected chi connectivity index (χ4v) is 3.27. The van der Waals surface area contributed by atoms with Crippen molar-refractivity contribution < 1.29 is 4.79 Å². The second kappa shape index (κ2) is 2.21. The lowest BCUT2D eigenvalue weighted by atomic mass is 9.59. The van der Waals surface area contributed by atoms with E-state index in [4.69, 9.17) is 0 Å². The van der Waals surface area contributed by atoms with Crippen LogP contribution in [0, 0.1) is 23.7 Å². The average molecular weight is 162 g/mol. The third-order valence-electron chi connectivity index (χ3n) is 3.96. The van der Waals surface area contributed by atoms with Gasteiger partial charge in [-0.3, -0.25) is 4.79 Å². The van der Waals surface area contributed by atoms with Crippen molar-refractivity contribution in [3.05, 3.63) is 12.2 Å². The number of carbonyl (C=O) groups is 1. The zero-order chi connectivity index (χ0) is 8.13. The molecule has 0 aliphatic heterocycles. The van der Waals surface area contributed by atoms with E-state index in [0.717, 1.165) is 18.3 Å². The Hall–Kier alpha value is -0.590. The van der Waals surface area contributed by atoms with Crippen LogP contribution in [0.4, 0.5) is 0 Å². The molecule has 0 unspecified atom stereocenters. The highest BCUT2D eigenvalue weighted by Crippen LogP contribution is 2.51. The molecule has 0 aromatic carbocycles. The van der Waals surface area contributed by atoms with E-state index in [1.165, 1.54) is 19.3 Å². The number of hydrogen-bond acceptors (Lipinski definition) is 1. The van der Waals surface area contributed by atoms with Crippen LogP contribution in [0.3, 0.4) is 0 Å². The molecule has 2 saturated carbocycles. The maximum atomic E-state index is 11.4. The van der Waals surface area contributed by atoms with Gasteiger partial charge in [0.1, 0.15) is 5.78 Å². The molecule has 0 amide bonds. The molecule has 2 bridgehead atoms. The van der Waals surface area contributed by atoms with Gasteiger partial charge < -0.3 is 0 Å². The molecule has 0 heterocycles. The fourth-order valence-electron chi connectivity index (χ4n) is 3.27. The standard InChI is InChI=1S/C11H14O/c12-10-6-9-7-2-1-3-8(5-4-7)11(9)10/h4-5,7-9,11H,1-3,6H2/t7-,8+,9+,11-/m1/s1. The summed E-state index contributed by atoms with van der Waals surface area (Å²) in [6.07, 6.45) is 9.52. The second-order valence-corrected chi connectivity index (χ2v) is 4.50. The van der Waals surface area contributed by atoms with E-state index in [9.17, 15) is 4.79 Å². The summed E-state index contributed by atoms with van der Waals surface area (Å²) in [6, 6.07) is 0. The monoisotopic (exact) mass is 162 g/mol. The van der Waals surface area contributed by atoms with Crippen LogP contribution < -0.4 is 0 Å². The van der Waals surface area contributed by atoms with Gasteiger partial charge in [-0.05, 0) is 30.6 Å². The zero-order valence-corrected chi connectivity index (χ0v) is 7.20. The molecule has 0 radical (unpaired) electrons. The first kappa shape index (κ1) is 6.88. The van der Waals surface area contributed by atoms with Gasteiger partial charge in [0.25, 0.3) is 0 Å². The van der Waals surface area contributed by atoms with Crippen LogP contribution >= 0.6 is 0 Å². The van der Waals surface area contributed by atoms with Crippen molar-refractivity contribution >= 4 is 5.78 Å². The normalized spacial score (nSPS) is 49.8. The molecule has 0 N–H and O–H groups in total. The molecule has 0 aromatic heterocycles. The van der Waals surface area contributed by atoms with E-state index in [-0.39, 0.29) is 0 Å². The number of fused-ring (bicyclic) bond motifs is 2. The molecule has 4 aliphatic carbocycles. The van der Waals surface area contributed by atoms with Gasteiger partial charge in [-0.25, -0.2) is 0 Å². The minimum atomic E-state index is 0.447. The van der Waals surface area contributed by atoms with Gasteiger partial charge in [0.05, 0.1) is 0 Å². The van der Waals surface area contributed by atoms with Crippen LogP contribution in [0.25, 0.3) is 0 Å². The van der Waals surface area contributed by atoms with Crippen LogP contribution in [-0.2, 0) is 4.79 Å². The molecule has 1 heteroatoms. The first-order valence-electron chi connectivity index (χ1n) is 5.07. The van der Waals surface area contributed by atoms with E-state index in [1.807, 2.05) is 0 Å². The summed E-state index contributed by atoms with van der Waals surface area (Å²) in [4.78, 5) is 11.4. The SMILES string of the molecule is O=C1C[C@@H]2[C@H]1[C@@H]1C=C[C@H]2CCC1. The lowest BCUT2D eigenvalue weighted by Crippen LogP contribution is -2.45. The molecule has 12 heavy (non-hydrogen) atoms. The molecular weight excluding hydrogens is 148 g/mol. The summed E-state index contributed by atoms with van der Waals surface area (Å²) < 4.78 is 0. The topological polar surface area (TPSA) is 17.1 Å². The van der Waals surface area contributed by atoms with Crippen LogP contribution in [0.2, 0.25) is 0 Å². The van der Waals surface area contributed by atoms with Gasteiger partial charge in [-0.1, -0.05) is 18.6 Å². The van der Waals surface area contributed by atoms with E-state index in [1.54, 1.807) is 0 Å². The molecule has 1 nitrogen and oxygen atoms in total. The minimum Gasteiger partial charge on any atom is -0.299 e. The quantitative estimate of drug-likeness (QED) is 0.499. The van der Waals surface area contributed by atoms with Crippen molar-refractivity contribution in [1.82, 2.24) is 0 Å². The summed E-state index contributed by atoms with van der Waals surface area (Å²) in [5.74, 6) is 3.11. The number of ketones is 1. The van der Waals surface area contributed by atoms with E-state index >= 15 is 0 Å². The molecule has 4 atom stereocenters. The third kappa shape index (κ3) is 0.720. The Morgan fingerprint density at radius 2 is 1.92 bits per heavy atom. The lowest BCUT2D eigenvalue weighted by molar-refractivity contribution is -0.138. The molecule has 0 spiro atoms. The first-order valence-corrected chi connectivity index (χ1v) is 5.07. The molecule has 0 aromatic rings. The van der Waals surface area contributed by atoms with Crippen LogP contribution in [-0.4, -0.2) is 5.78 Å². The van der Waals surface area contributed by atoms with Gasteiger partial charge in [0, 0.05) is 12.3 Å². The molecule has 2 fully saturated rings. The maximum absolute atomic E-state index is 11.4. The van der Waals surface area contributed by atoms with E-state index < -0.39 is 0 Å². The summed E-state index contributed by atoms with van der Waals surface area (Å²) in [7, 11) is 0. The molecular formula is C11H14O. The number of allylic oxidation sites excluding steroid dienone is 2. The Bertz CT molecular complexity index is 254. The van der Waals surface area contributed by atoms with Crippen molar-refractivity contribution in [2.75, 3.05) is 0 Å². The molecule has 4 aliphatic rings. The van der Waals surface area contributed by atoms with Gasteiger partial charge in [0.15, 0.2) is 0 Å². The summed E-state index contributed by atoms with van der Waals surface area (Å²) in [6.45, 7) is 0. The Morgan fingerprint density at radius 1 is 1.17 bits per heavy atom. The lowest BCUT2D eigenvalue weighted by Gasteiger charge is -2.43. The van der Waals surface area contributed by atoms with Crippen molar-refractivity contribution in [3.63, 3.8) is 0 Å². The Labute approximate surface area is 72.8 Å². The fraction of sp³-hybridized carbons (Fsp3) is 0.727. The van der Waals surface area contributed by atoms with Crippen LogP contribution in [0.5, 0.6) is 0 Å². The van der Waals surface area contributed by atoms with Gasteiger partial charge >= 0.3 is 0 Å². The van der Waals surface area contributed by atoms with Crippen LogP contribution in [0.1, 0.15) is 25.7 Å². The van der Waals surface area contributed by atoms with Crippen LogP contribution in [0.15, 0.2) is 12.2 Å². The van der Waals surface area contributed by atoms with E-state index in [2.05, 4.69) is 12.2 Å². The largest absolute Gasteiger partial charge is 0.299 e. The highest BCUT2D eigenvalue weighted by molar-refractivity contribution is 5.88. The summed E-state index contributed by atoms with van der Waals surface area (Å²) in [5, 5.41) is 0. The Kier molecular flexibility index (Phi) is 1.27. The number of carbonyl (C=O) groups excluding carboxylic acids is 1. The average Bonchev–Trinajstić information content (AvgIpc) is 2.32. The van der Waals surface area contributed by atoms with Gasteiger partial charge in [0.2, 0.25) is 0 Å². The molecule has 4 rings (SSSR count). The number of hydrogen-bond donors (Lipinski definition) is 0. The predicted octanol–water partition coefficient (Wildman–Crippen LogP) is 2.18. The Balaban J connectivity index is 1.98. The Morgan fingerprint density at radius 3 is 2.75 bits per heavy atom. The zero-order valence-electron chi connectivity index (χ0n) is 7.20. The number of Topliss-reactive ketones (excluding diaryl/α,β-unsaturated/α-hetero) is 1. The second-order valence-electron chi connectivity index (χ2n) is 4.50. The van der Waals surface area contributed by atoms with Gasteiger partial charge in [-0.2, -0.15) is 0 Å². The molecule has 64 valence electrons. The van der Waals surface area contributed by atoms with Crippen molar-refractivity contribution in [2.45, 2.75) is 25.7 Å². The third-order valence-corrected chi connectivity index (χ3v) is 3.96. The summed E-state index contributed by atoms with van der Waals surface area (Å²) in [5.41, 5.74) is 0. The molecule has 0 saturated heterocycles. The predicted molar refractivity (Wildman–Crippen MR) is 46.6 cm³/mol. The summed E-state index contributed by atoms with van der Waals surface area (Å²) >= 11 is 0. The number of rotatable bonds is 0. The van der Waals surface area contributed by atoms with Crippen molar-refractivity contribution in [2.24, 2.45) is 23.7 Å². The maximum Gasteiger partial charge on any atom is 0.137 e. The highest BCUT2D eigenvalue weighted by atomic mass is 16.1. The first-order chi connectivity index (χ1) is 5.86. The minimum absolute atomic E-state index is 0.447.